The number of benzene rings is 10. The van der Waals surface area contributed by atoms with Gasteiger partial charge in [0.05, 0.1) is 0 Å². The molecule has 0 aliphatic carbocycles. The fourth-order valence-corrected chi connectivity index (χ4v) is 33.8. The molecule has 0 spiro atoms. The third kappa shape index (κ3) is 21.8. The molecule has 0 aromatic heterocycles. The van der Waals surface area contributed by atoms with Gasteiger partial charge in [-0.15, -0.1) is 0 Å². The fraction of sp³-hybridized carbons (Fsp3) is 0.0625. The van der Waals surface area contributed by atoms with Crippen LogP contribution in [0.15, 0.2) is 315 Å². The van der Waals surface area contributed by atoms with E-state index in [-0.39, 0.29) is 69.1 Å². The van der Waals surface area contributed by atoms with Crippen molar-refractivity contribution in [2.45, 2.75) is 20.8 Å². The van der Waals surface area contributed by atoms with Crippen molar-refractivity contribution in [2.75, 3.05) is 0 Å². The molecule has 0 unspecified atom stereocenters. The molecule has 10 aromatic carbocycles. The van der Waals surface area contributed by atoms with Crippen molar-refractivity contribution in [1.82, 2.24) is 0 Å². The third-order valence-corrected chi connectivity index (χ3v) is 35.4. The van der Waals surface area contributed by atoms with E-state index in [1.54, 1.807) is 34.8 Å². The third-order valence-electron chi connectivity index (χ3n) is 11.0. The van der Waals surface area contributed by atoms with Gasteiger partial charge in [0.2, 0.25) is 0 Å². The van der Waals surface area contributed by atoms with Crippen molar-refractivity contribution in [2.24, 2.45) is 0 Å². The van der Waals surface area contributed by atoms with Crippen molar-refractivity contribution in [3.8, 4) is 0 Å². The molecule has 0 fully saturated rings. The second kappa shape index (κ2) is 38.1. The Balaban J connectivity index is 0.000000294. The van der Waals surface area contributed by atoms with Crippen LogP contribution in [0.3, 0.4) is 0 Å². The van der Waals surface area contributed by atoms with E-state index in [1.807, 2.05) is 72.8 Å². The molecule has 0 atom stereocenters. The maximum absolute atomic E-state index is 2.34. The van der Waals surface area contributed by atoms with Gasteiger partial charge in [-0.3, -0.25) is 0 Å². The first-order chi connectivity index (χ1) is 33.8. The molecule has 0 amide bonds. The molecule has 10 aromatic rings. The van der Waals surface area contributed by atoms with Gasteiger partial charge in [-0.25, -0.2) is 0 Å². The molecule has 368 valence electrons. The van der Waals surface area contributed by atoms with Gasteiger partial charge >= 0.3 is 399 Å². The van der Waals surface area contributed by atoms with Gasteiger partial charge in [0.1, 0.15) is 0 Å². The summed E-state index contributed by atoms with van der Waals surface area (Å²) in [5, 5.41) is 5.30. The van der Waals surface area contributed by atoms with Crippen LogP contribution < -0.4 is 34.8 Å². The molecule has 0 saturated heterocycles. The van der Waals surface area contributed by atoms with Gasteiger partial charge < -0.3 is 27.0 Å². The minimum atomic E-state index is -1.30. The van der Waals surface area contributed by atoms with E-state index < -0.39 is 58.6 Å². The van der Waals surface area contributed by atoms with Crippen molar-refractivity contribution >= 4 is 120 Å². The summed E-state index contributed by atoms with van der Waals surface area (Å²) in [6, 6.07) is 114. The van der Waals surface area contributed by atoms with Gasteiger partial charge in [-0.1, -0.05) is 72.8 Å². The number of rotatable bonds is 14. The summed E-state index contributed by atoms with van der Waals surface area (Å²) in [6.07, 6.45) is 0. The molecule has 0 heterocycles. The first-order valence-corrected chi connectivity index (χ1v) is 36.2. The van der Waals surface area contributed by atoms with Crippen LogP contribution in [0.5, 0.6) is 0 Å². The summed E-state index contributed by atoms with van der Waals surface area (Å²) >= 11 is -5.20. The van der Waals surface area contributed by atoms with Crippen LogP contribution >= 0.6 is 0 Å². The Labute approximate surface area is 493 Å². The van der Waals surface area contributed by atoms with Crippen LogP contribution in [0.2, 0.25) is 20.8 Å². The summed E-state index contributed by atoms with van der Waals surface area (Å²) in [5.74, 6) is 0. The maximum Gasteiger partial charge on any atom is -0.0623 e. The van der Waals surface area contributed by atoms with Crippen LogP contribution in [-0.2, 0) is 69.1 Å². The van der Waals surface area contributed by atoms with E-state index in [2.05, 4.69) is 243 Å². The smallest absolute Gasteiger partial charge is 0.0623 e. The Morgan fingerprint density at radius 2 is 0.236 bits per heavy atom. The first kappa shape index (κ1) is 62.8. The predicted octanol–water partition coefficient (Wildman–Crippen LogP) is 10.6. The monoisotopic (exact) mass is 1580 g/mol. The molecule has 8 heteroatoms. The summed E-state index contributed by atoms with van der Waals surface area (Å²) in [6.45, 7) is 0. The zero-order chi connectivity index (χ0) is 46.5. The summed E-state index contributed by atoms with van der Waals surface area (Å²) < 4.78 is 12.5. The molecule has 0 bridgehead atoms. The van der Waals surface area contributed by atoms with E-state index in [4.69, 9.17) is 0 Å². The fourth-order valence-electron chi connectivity index (χ4n) is 7.66. The Bertz CT molecular complexity index is 2200. The molecule has 72 heavy (non-hydrogen) atoms. The second-order valence-corrected chi connectivity index (χ2v) is 35.2. The molecule has 10 rings (SSSR count). The number of hydrogen-bond acceptors (Lipinski definition) is 0. The van der Waals surface area contributed by atoms with Crippen LogP contribution in [0.25, 0.3) is 0 Å². The SMILES string of the molecule is [Pt+2].[Pt+2].[S-2].[S-2].c1ccc([As](CC[As](c2ccccc2)c2ccccc2)c2ccccc2)cc1.c1ccc([As](CC[As](c2ccccc2)c2ccccc2)c2ccccc2)cc1.c1ccccc1.c1ccccc1. The van der Waals surface area contributed by atoms with Crippen molar-refractivity contribution in [3.05, 3.63) is 315 Å². The summed E-state index contributed by atoms with van der Waals surface area (Å²) in [4.78, 5) is 0. The molecule has 0 radical (unpaired) electrons. The first-order valence-electron chi connectivity index (χ1n) is 23.3. The molecule has 0 aliphatic heterocycles. The van der Waals surface area contributed by atoms with Crippen LogP contribution in [0, 0.1) is 0 Å². The van der Waals surface area contributed by atoms with E-state index in [9.17, 15) is 0 Å². The van der Waals surface area contributed by atoms with Crippen LogP contribution in [0.1, 0.15) is 0 Å². The van der Waals surface area contributed by atoms with Gasteiger partial charge in [0.25, 0.3) is 0 Å². The van der Waals surface area contributed by atoms with Gasteiger partial charge in [-0.05, 0) is 0 Å². The van der Waals surface area contributed by atoms with Crippen LogP contribution in [-0.4, -0.2) is 58.6 Å². The van der Waals surface area contributed by atoms with Crippen LogP contribution in [0.4, 0.5) is 0 Å². The van der Waals surface area contributed by atoms with E-state index in [0.717, 1.165) is 0 Å². The molecule has 0 aliphatic rings. The van der Waals surface area contributed by atoms with Gasteiger partial charge in [0, 0.05) is 0 Å². The topological polar surface area (TPSA) is 0 Å². The minimum absolute atomic E-state index is 0. The molecule has 0 N–H and O–H groups in total. The largest absolute Gasteiger partial charge is 0.0623 e. The van der Waals surface area contributed by atoms with E-state index in [0.29, 0.717) is 0 Å². The molecular weight excluding hydrogens is 1520 g/mol. The van der Waals surface area contributed by atoms with Crippen molar-refractivity contribution in [3.63, 3.8) is 0 Å². The summed E-state index contributed by atoms with van der Waals surface area (Å²) in [7, 11) is 0. The summed E-state index contributed by atoms with van der Waals surface area (Å²) in [5.41, 5.74) is 0. The predicted molar refractivity (Wildman–Crippen MR) is 318 cm³/mol. The average Bonchev–Trinajstić information content (AvgIpc) is 3.44. The van der Waals surface area contributed by atoms with Crippen molar-refractivity contribution < 1.29 is 42.1 Å². The Kier molecular flexibility index (Phi) is 33.3. The Morgan fingerprint density at radius 3 is 0.333 bits per heavy atom. The van der Waals surface area contributed by atoms with Gasteiger partial charge in [-0.2, -0.15) is 0 Å². The molecular formula is C64H60As4Pt2S2. The average molecular weight is 1580 g/mol. The standard InChI is InChI=1S/2C26H24As2.2C6H6.2Pt.2S/c2*1-5-13-23(14-6-1)27(24-15-7-2-8-16-24)21-22-28(25-17-9-3-10-18-25)26-19-11-4-12-20-26;2*1-2-4-6-5-3-1;;;;/h2*1-20H,21-22H2;2*1-6H;;;;/q;;;;2*+2;2*-2. The zero-order valence-electron chi connectivity index (χ0n) is 40.1. The molecule has 0 nitrogen and oxygen atoms in total. The van der Waals surface area contributed by atoms with E-state index in [1.165, 1.54) is 20.8 Å². The maximum atomic E-state index is 2.34. The minimum Gasteiger partial charge on any atom is -0.0623 e. The normalized spacial score (nSPS) is 9.94. The quantitative estimate of drug-likeness (QED) is 0.0952. The Morgan fingerprint density at radius 1 is 0.153 bits per heavy atom. The Hall–Kier alpha value is -3.49. The number of hydrogen-bond donors (Lipinski definition) is 0. The van der Waals surface area contributed by atoms with Gasteiger partial charge in [0.15, 0.2) is 0 Å². The molecule has 0 saturated carbocycles. The van der Waals surface area contributed by atoms with Crippen molar-refractivity contribution in [1.29, 1.82) is 0 Å². The zero-order valence-corrected chi connectivity index (χ0v) is 53.8. The second-order valence-electron chi connectivity index (χ2n) is 15.6. The van der Waals surface area contributed by atoms with E-state index >= 15 is 0 Å².